The van der Waals surface area contributed by atoms with Crippen LogP contribution in [0.3, 0.4) is 0 Å². The van der Waals surface area contributed by atoms with Crippen molar-refractivity contribution < 1.29 is 14.3 Å². The molecule has 0 aromatic carbocycles. The number of aromatic nitrogens is 2. The van der Waals surface area contributed by atoms with E-state index in [2.05, 4.69) is 5.10 Å². The van der Waals surface area contributed by atoms with Crippen LogP contribution in [0.5, 0.6) is 0 Å². The second-order valence-corrected chi connectivity index (χ2v) is 2.98. The molecule has 5 nitrogen and oxygen atoms in total. The van der Waals surface area contributed by atoms with Crippen LogP contribution in [0.15, 0.2) is 12.4 Å². The van der Waals surface area contributed by atoms with E-state index in [4.69, 9.17) is 9.47 Å². The number of rotatable bonds is 5. The van der Waals surface area contributed by atoms with Crippen LogP contribution in [-0.4, -0.2) is 29.0 Å². The Labute approximate surface area is 89.0 Å². The summed E-state index contributed by atoms with van der Waals surface area (Å²) in [4.78, 5) is 11.3. The van der Waals surface area contributed by atoms with Crippen molar-refractivity contribution in [2.75, 3.05) is 13.2 Å². The molecule has 1 atom stereocenters. The first kappa shape index (κ1) is 11.7. The average molecular weight is 212 g/mol. The summed E-state index contributed by atoms with van der Waals surface area (Å²) < 4.78 is 11.8. The van der Waals surface area contributed by atoms with Crippen LogP contribution in [-0.2, 0) is 9.47 Å². The second kappa shape index (κ2) is 5.50. The zero-order valence-electron chi connectivity index (χ0n) is 9.27. The molecule has 15 heavy (non-hydrogen) atoms. The molecule has 1 unspecified atom stereocenters. The summed E-state index contributed by atoms with van der Waals surface area (Å²) in [6, 6.07) is 0. The summed E-state index contributed by atoms with van der Waals surface area (Å²) in [6.07, 6.45) is 2.93. The van der Waals surface area contributed by atoms with E-state index < -0.39 is 0 Å². The van der Waals surface area contributed by atoms with Gasteiger partial charge in [0.05, 0.1) is 18.4 Å². The number of hydrogen-bond acceptors (Lipinski definition) is 4. The lowest BCUT2D eigenvalue weighted by molar-refractivity contribution is 0.0158. The van der Waals surface area contributed by atoms with E-state index in [0.717, 1.165) is 0 Å². The molecule has 0 fully saturated rings. The van der Waals surface area contributed by atoms with Crippen molar-refractivity contribution in [2.24, 2.45) is 0 Å². The molecule has 0 aliphatic carbocycles. The molecule has 84 valence electrons. The lowest BCUT2D eigenvalue weighted by Gasteiger charge is -2.10. The first-order valence-electron chi connectivity index (χ1n) is 5.01. The Morgan fingerprint density at radius 1 is 1.53 bits per heavy atom. The van der Waals surface area contributed by atoms with Crippen molar-refractivity contribution in [1.29, 1.82) is 0 Å². The molecule has 0 saturated heterocycles. The summed E-state index contributed by atoms with van der Waals surface area (Å²) in [5, 5.41) is 4.03. The van der Waals surface area contributed by atoms with Crippen LogP contribution in [0.4, 0.5) is 0 Å². The van der Waals surface area contributed by atoms with Crippen molar-refractivity contribution in [3.63, 3.8) is 0 Å². The summed E-state index contributed by atoms with van der Waals surface area (Å²) in [6.45, 7) is 6.52. The van der Waals surface area contributed by atoms with E-state index in [1.165, 1.54) is 6.20 Å². The lowest BCUT2D eigenvalue weighted by atomic mass is 10.4. The van der Waals surface area contributed by atoms with E-state index >= 15 is 0 Å². The van der Waals surface area contributed by atoms with E-state index in [1.807, 2.05) is 13.8 Å². The topological polar surface area (TPSA) is 53.3 Å². The Hall–Kier alpha value is -1.36. The fourth-order valence-corrected chi connectivity index (χ4v) is 1.17. The van der Waals surface area contributed by atoms with Gasteiger partial charge in [0.15, 0.2) is 0 Å². The molecule has 0 aliphatic rings. The predicted molar refractivity (Wildman–Crippen MR) is 54.5 cm³/mol. The van der Waals surface area contributed by atoms with E-state index in [-0.39, 0.29) is 12.2 Å². The first-order chi connectivity index (χ1) is 7.19. The Bertz CT molecular complexity index is 322. The third-order valence-corrected chi connectivity index (χ3v) is 1.89. The highest BCUT2D eigenvalue weighted by atomic mass is 16.5. The van der Waals surface area contributed by atoms with Crippen LogP contribution in [0.1, 0.15) is 37.4 Å². The fourth-order valence-electron chi connectivity index (χ4n) is 1.17. The van der Waals surface area contributed by atoms with Gasteiger partial charge in [-0.05, 0) is 20.8 Å². The van der Waals surface area contributed by atoms with E-state index in [1.54, 1.807) is 17.8 Å². The Balaban J connectivity index is 2.67. The maximum absolute atomic E-state index is 11.3. The highest BCUT2D eigenvalue weighted by Gasteiger charge is 2.11. The molecule has 0 N–H and O–H groups in total. The van der Waals surface area contributed by atoms with Gasteiger partial charge >= 0.3 is 5.97 Å². The van der Waals surface area contributed by atoms with Crippen LogP contribution < -0.4 is 0 Å². The highest BCUT2D eigenvalue weighted by molar-refractivity contribution is 5.88. The smallest absolute Gasteiger partial charge is 0.341 e. The second-order valence-electron chi connectivity index (χ2n) is 2.98. The van der Waals surface area contributed by atoms with Gasteiger partial charge in [0.25, 0.3) is 0 Å². The SMILES string of the molecule is CCOC(=O)c1cnn(C(C)OCC)c1. The molecule has 1 aromatic rings. The fraction of sp³-hybridized carbons (Fsp3) is 0.600. The molecule has 1 rings (SSSR count). The molecule has 0 spiro atoms. The Morgan fingerprint density at radius 3 is 2.87 bits per heavy atom. The maximum atomic E-state index is 11.3. The third-order valence-electron chi connectivity index (χ3n) is 1.89. The number of carbonyl (C=O) groups is 1. The standard InChI is InChI=1S/C10H16N2O3/c1-4-14-8(3)12-7-9(6-11-12)10(13)15-5-2/h6-8H,4-5H2,1-3H3. The quantitative estimate of drug-likeness (QED) is 0.696. The molecule has 1 heterocycles. The van der Waals surface area contributed by atoms with Crippen LogP contribution in [0, 0.1) is 0 Å². The van der Waals surface area contributed by atoms with Crippen molar-refractivity contribution in [3.8, 4) is 0 Å². The molecule has 0 bridgehead atoms. The predicted octanol–water partition coefficient (Wildman–Crippen LogP) is 1.61. The average Bonchev–Trinajstić information content (AvgIpc) is 2.67. The lowest BCUT2D eigenvalue weighted by Crippen LogP contribution is -2.09. The summed E-state index contributed by atoms with van der Waals surface area (Å²) >= 11 is 0. The molecular formula is C10H16N2O3. The van der Waals surface area contributed by atoms with Crippen molar-refractivity contribution in [2.45, 2.75) is 27.0 Å². The van der Waals surface area contributed by atoms with Crippen molar-refractivity contribution in [3.05, 3.63) is 18.0 Å². The van der Waals surface area contributed by atoms with E-state index in [9.17, 15) is 4.79 Å². The minimum Gasteiger partial charge on any atom is -0.462 e. The van der Waals surface area contributed by atoms with Gasteiger partial charge in [0.2, 0.25) is 0 Å². The largest absolute Gasteiger partial charge is 0.462 e. The Morgan fingerprint density at radius 2 is 2.27 bits per heavy atom. The summed E-state index contributed by atoms with van der Waals surface area (Å²) in [7, 11) is 0. The first-order valence-corrected chi connectivity index (χ1v) is 5.01. The van der Waals surface area contributed by atoms with Crippen molar-refractivity contribution in [1.82, 2.24) is 9.78 Å². The number of hydrogen-bond donors (Lipinski definition) is 0. The minimum atomic E-state index is -0.354. The zero-order valence-corrected chi connectivity index (χ0v) is 9.27. The van der Waals surface area contributed by atoms with Gasteiger partial charge < -0.3 is 9.47 Å². The van der Waals surface area contributed by atoms with Crippen LogP contribution >= 0.6 is 0 Å². The van der Waals surface area contributed by atoms with Crippen molar-refractivity contribution >= 4 is 5.97 Å². The number of ether oxygens (including phenoxy) is 2. The van der Waals surface area contributed by atoms with Crippen LogP contribution in [0.2, 0.25) is 0 Å². The normalized spacial score (nSPS) is 12.5. The minimum absolute atomic E-state index is 0.168. The molecule has 0 saturated carbocycles. The van der Waals surface area contributed by atoms with Gasteiger partial charge in [-0.3, -0.25) is 0 Å². The number of nitrogens with zero attached hydrogens (tertiary/aromatic N) is 2. The molecule has 0 amide bonds. The van der Waals surface area contributed by atoms with E-state index in [0.29, 0.717) is 18.8 Å². The number of carbonyl (C=O) groups excluding carboxylic acids is 1. The maximum Gasteiger partial charge on any atom is 0.341 e. The molecule has 0 aliphatic heterocycles. The Kier molecular flexibility index (Phi) is 4.30. The molecular weight excluding hydrogens is 196 g/mol. The van der Waals surface area contributed by atoms with Gasteiger partial charge in [0.1, 0.15) is 6.23 Å². The van der Waals surface area contributed by atoms with Crippen LogP contribution in [0.25, 0.3) is 0 Å². The van der Waals surface area contributed by atoms with Gasteiger partial charge in [-0.15, -0.1) is 0 Å². The van der Waals surface area contributed by atoms with Gasteiger partial charge in [-0.1, -0.05) is 0 Å². The number of esters is 1. The monoisotopic (exact) mass is 212 g/mol. The summed E-state index contributed by atoms with van der Waals surface area (Å²) in [5.74, 6) is -0.354. The molecule has 5 heteroatoms. The van der Waals surface area contributed by atoms with Gasteiger partial charge in [0, 0.05) is 12.8 Å². The molecule has 1 aromatic heterocycles. The van der Waals surface area contributed by atoms with Gasteiger partial charge in [-0.2, -0.15) is 5.10 Å². The molecule has 0 radical (unpaired) electrons. The highest BCUT2D eigenvalue weighted by Crippen LogP contribution is 2.08. The summed E-state index contributed by atoms with van der Waals surface area (Å²) in [5.41, 5.74) is 0.448. The third kappa shape index (κ3) is 3.06. The zero-order chi connectivity index (χ0) is 11.3. The van der Waals surface area contributed by atoms with Gasteiger partial charge in [-0.25, -0.2) is 9.48 Å².